The molecule has 2 N–H and O–H groups in total. The van der Waals surface area contributed by atoms with Crippen LogP contribution in [-0.2, 0) is 0 Å². The monoisotopic (exact) mass is 298 g/mol. The molecule has 104 valence electrons. The number of nitrogens with zero attached hydrogens (tertiary/aromatic N) is 2. The molecule has 0 amide bonds. The van der Waals surface area contributed by atoms with E-state index in [1.54, 1.807) is 0 Å². The Bertz CT molecular complexity index is 802. The van der Waals surface area contributed by atoms with Crippen LogP contribution < -0.4 is 19.2 Å². The zero-order valence-corrected chi connectivity index (χ0v) is 11.8. The Kier molecular flexibility index (Phi) is 2.75. The third-order valence-electron chi connectivity index (χ3n) is 3.21. The lowest BCUT2D eigenvalue weighted by molar-refractivity contribution is -0.509. The molecule has 0 spiro atoms. The van der Waals surface area contributed by atoms with Crippen LogP contribution in [0.25, 0.3) is 17.1 Å². The van der Waals surface area contributed by atoms with Gasteiger partial charge >= 0.3 is 11.0 Å². The molecule has 0 saturated carbocycles. The highest BCUT2D eigenvalue weighted by Gasteiger charge is 2.25. The lowest BCUT2D eigenvalue weighted by Crippen LogP contribution is -2.27. The number of benzene rings is 2. The molecular weight excluding hydrogens is 286 g/mol. The van der Waals surface area contributed by atoms with Gasteiger partial charge < -0.3 is 15.2 Å². The molecule has 1 aliphatic rings. The molecule has 0 unspecified atom stereocenters. The fourth-order valence-corrected chi connectivity index (χ4v) is 3.04. The van der Waals surface area contributed by atoms with Gasteiger partial charge in [-0.3, -0.25) is 0 Å². The fraction of sp³-hybridized carbons (Fsp3) is 0.0667. The van der Waals surface area contributed by atoms with E-state index in [9.17, 15) is 0 Å². The van der Waals surface area contributed by atoms with Crippen LogP contribution in [0.2, 0.25) is 0 Å². The van der Waals surface area contributed by atoms with Gasteiger partial charge in [-0.15, -0.1) is 3.96 Å². The molecule has 21 heavy (non-hydrogen) atoms. The van der Waals surface area contributed by atoms with Crippen LogP contribution in [0.4, 0.5) is 5.13 Å². The smallest absolute Gasteiger partial charge is 0.350 e. The fourth-order valence-electron chi connectivity index (χ4n) is 2.26. The van der Waals surface area contributed by atoms with Crippen molar-refractivity contribution < 1.29 is 13.4 Å². The molecule has 0 fully saturated rings. The Morgan fingerprint density at radius 3 is 2.71 bits per heavy atom. The highest BCUT2D eigenvalue weighted by molar-refractivity contribution is 7.05. The van der Waals surface area contributed by atoms with Crippen molar-refractivity contribution in [2.75, 3.05) is 12.5 Å². The highest BCUT2D eigenvalue weighted by atomic mass is 32.1. The SMILES string of the molecule is Nc1nc(-c2ccc3c(c2)OCO3)[n+](-c2ccccc2)s1. The highest BCUT2D eigenvalue weighted by Crippen LogP contribution is 2.35. The van der Waals surface area contributed by atoms with Crippen molar-refractivity contribution in [1.29, 1.82) is 0 Å². The van der Waals surface area contributed by atoms with E-state index < -0.39 is 0 Å². The number of nitrogens with two attached hydrogens (primary N) is 1. The summed E-state index contributed by atoms with van der Waals surface area (Å²) in [5.41, 5.74) is 7.87. The van der Waals surface area contributed by atoms with Gasteiger partial charge in [0.1, 0.15) is 17.2 Å². The summed E-state index contributed by atoms with van der Waals surface area (Å²) >= 11 is 1.41. The van der Waals surface area contributed by atoms with Gasteiger partial charge in [0.05, 0.1) is 5.56 Å². The van der Waals surface area contributed by atoms with Gasteiger partial charge in [0, 0.05) is 0 Å². The molecule has 5 nitrogen and oxygen atoms in total. The van der Waals surface area contributed by atoms with E-state index in [4.69, 9.17) is 15.2 Å². The van der Waals surface area contributed by atoms with E-state index in [0.29, 0.717) is 5.13 Å². The summed E-state index contributed by atoms with van der Waals surface area (Å²) in [5.74, 6) is 2.29. The van der Waals surface area contributed by atoms with E-state index in [0.717, 1.165) is 28.6 Å². The van der Waals surface area contributed by atoms with Gasteiger partial charge in [-0.2, -0.15) is 0 Å². The van der Waals surface area contributed by atoms with Crippen LogP contribution in [0, 0.1) is 0 Å². The minimum atomic E-state index is 0.261. The third kappa shape index (κ3) is 2.09. The van der Waals surface area contributed by atoms with E-state index in [1.165, 1.54) is 11.5 Å². The lowest BCUT2D eigenvalue weighted by Gasteiger charge is -1.99. The molecule has 0 saturated heterocycles. The second-order valence-electron chi connectivity index (χ2n) is 4.56. The Hall–Kier alpha value is -2.60. The molecule has 4 rings (SSSR count). The van der Waals surface area contributed by atoms with Crippen LogP contribution in [0.1, 0.15) is 0 Å². The zero-order valence-electron chi connectivity index (χ0n) is 11.0. The van der Waals surface area contributed by atoms with Crippen LogP contribution >= 0.6 is 11.5 Å². The maximum Gasteiger partial charge on any atom is 0.350 e. The summed E-state index contributed by atoms with van der Waals surface area (Å²) in [7, 11) is 0. The maximum atomic E-state index is 5.90. The van der Waals surface area contributed by atoms with Gasteiger partial charge in [-0.05, 0) is 35.3 Å². The van der Waals surface area contributed by atoms with Gasteiger partial charge in [-0.25, -0.2) is 0 Å². The zero-order chi connectivity index (χ0) is 14.2. The topological polar surface area (TPSA) is 61.3 Å². The predicted octanol–water partition coefficient (Wildman–Crippen LogP) is 2.40. The molecule has 3 aromatic rings. The number of anilines is 1. The van der Waals surface area contributed by atoms with Gasteiger partial charge in [-0.1, -0.05) is 18.2 Å². The summed E-state index contributed by atoms with van der Waals surface area (Å²) < 4.78 is 12.8. The predicted molar refractivity (Wildman–Crippen MR) is 79.6 cm³/mol. The van der Waals surface area contributed by atoms with Crippen LogP contribution in [0.15, 0.2) is 48.5 Å². The Labute approximate surface area is 125 Å². The first kappa shape index (κ1) is 12.2. The number of fused-ring (bicyclic) bond motifs is 1. The van der Waals surface area contributed by atoms with E-state index in [1.807, 2.05) is 52.5 Å². The summed E-state index contributed by atoms with van der Waals surface area (Å²) in [5, 5.41) is 0.520. The minimum absolute atomic E-state index is 0.261. The number of hydrogen-bond donors (Lipinski definition) is 1. The second kappa shape index (κ2) is 4.75. The molecule has 6 heteroatoms. The Balaban J connectivity index is 1.86. The van der Waals surface area contributed by atoms with Crippen molar-refractivity contribution in [2.45, 2.75) is 0 Å². The van der Waals surface area contributed by atoms with Crippen LogP contribution in [0.3, 0.4) is 0 Å². The van der Waals surface area contributed by atoms with Crippen LogP contribution in [-0.4, -0.2) is 11.8 Å². The Morgan fingerprint density at radius 2 is 1.86 bits per heavy atom. The number of aromatic nitrogens is 2. The van der Waals surface area contributed by atoms with Gasteiger partial charge in [0.25, 0.3) is 0 Å². The average molecular weight is 298 g/mol. The second-order valence-corrected chi connectivity index (χ2v) is 5.53. The molecular formula is C15H12N3O2S+. The average Bonchev–Trinajstić information content (AvgIpc) is 3.13. The number of para-hydroxylation sites is 1. The number of rotatable bonds is 2. The van der Waals surface area contributed by atoms with Crippen molar-refractivity contribution >= 4 is 16.7 Å². The maximum absolute atomic E-state index is 5.90. The van der Waals surface area contributed by atoms with Crippen molar-refractivity contribution in [3.8, 4) is 28.6 Å². The van der Waals surface area contributed by atoms with E-state index in [-0.39, 0.29) is 6.79 Å². The first-order chi connectivity index (χ1) is 10.3. The number of hydrogen-bond acceptors (Lipinski definition) is 5. The minimum Gasteiger partial charge on any atom is -0.454 e. The third-order valence-corrected chi connectivity index (χ3v) is 4.06. The van der Waals surface area contributed by atoms with Crippen LogP contribution in [0.5, 0.6) is 11.5 Å². The van der Waals surface area contributed by atoms with E-state index in [2.05, 4.69) is 4.98 Å². The molecule has 2 aromatic carbocycles. The first-order valence-electron chi connectivity index (χ1n) is 6.45. The van der Waals surface area contributed by atoms with Gasteiger partial charge in [0.15, 0.2) is 11.5 Å². The largest absolute Gasteiger partial charge is 0.454 e. The number of nitrogen functional groups attached to an aromatic ring is 1. The summed E-state index contributed by atoms with van der Waals surface area (Å²) in [6.45, 7) is 0.261. The number of ether oxygens (including phenoxy) is 2. The normalized spacial score (nSPS) is 12.6. The molecule has 0 aliphatic carbocycles. The van der Waals surface area contributed by atoms with Crippen molar-refractivity contribution in [2.24, 2.45) is 0 Å². The standard InChI is InChI=1S/C15H11N3O2S/c16-15-17-14(18(21-15)11-4-2-1-3-5-11)10-6-7-12-13(8-10)20-9-19-12/h1-8,16H,9H2/p+1. The molecule has 0 radical (unpaired) electrons. The molecule has 2 heterocycles. The molecule has 0 atom stereocenters. The summed E-state index contributed by atoms with van der Waals surface area (Å²) in [4.78, 5) is 4.45. The van der Waals surface area contributed by atoms with Crippen molar-refractivity contribution in [3.63, 3.8) is 0 Å². The van der Waals surface area contributed by atoms with E-state index >= 15 is 0 Å². The van der Waals surface area contributed by atoms with Crippen molar-refractivity contribution in [3.05, 3.63) is 48.5 Å². The summed E-state index contributed by atoms with van der Waals surface area (Å²) in [6.07, 6.45) is 0. The molecule has 1 aliphatic heterocycles. The Morgan fingerprint density at radius 1 is 1.05 bits per heavy atom. The summed E-state index contributed by atoms with van der Waals surface area (Å²) in [6, 6.07) is 15.8. The lowest BCUT2D eigenvalue weighted by atomic mass is 10.2. The molecule has 0 bridgehead atoms. The van der Waals surface area contributed by atoms with Crippen molar-refractivity contribution in [1.82, 2.24) is 4.98 Å². The first-order valence-corrected chi connectivity index (χ1v) is 7.23. The molecule has 1 aromatic heterocycles. The van der Waals surface area contributed by atoms with Gasteiger partial charge in [0.2, 0.25) is 6.79 Å². The quantitative estimate of drug-likeness (QED) is 0.738.